The number of hydrogen-bond acceptors (Lipinski definition) is 6. The van der Waals surface area contributed by atoms with Crippen LogP contribution in [0, 0.1) is 0 Å². The zero-order valence-corrected chi connectivity index (χ0v) is 21.8. The second-order valence-corrected chi connectivity index (χ2v) is 7.22. The maximum absolute atomic E-state index is 9.25. The Kier molecular flexibility index (Phi) is 20.3. The minimum absolute atomic E-state index is 0.322. The van der Waals surface area contributed by atoms with Crippen molar-refractivity contribution in [2.45, 2.75) is 0 Å². The molecular formula is C33H34O7. The first-order valence-corrected chi connectivity index (χ1v) is 11.8. The van der Waals surface area contributed by atoms with Crippen molar-refractivity contribution in [3.63, 3.8) is 0 Å². The summed E-state index contributed by atoms with van der Waals surface area (Å²) in [6, 6.07) is 43.6. The minimum atomic E-state index is -0.981. The SMILES string of the molecule is C=CC(=O)O.Oc1ccccc1.Oc1ccccc1.Oc1ccccc1.Oc1ccccc1.Oc1ccccc1. The van der Waals surface area contributed by atoms with Gasteiger partial charge in [0.25, 0.3) is 0 Å². The molecule has 0 saturated carbocycles. The lowest BCUT2D eigenvalue weighted by molar-refractivity contribution is -0.131. The van der Waals surface area contributed by atoms with E-state index in [1.165, 1.54) is 0 Å². The van der Waals surface area contributed by atoms with Crippen molar-refractivity contribution in [1.29, 1.82) is 0 Å². The Labute approximate surface area is 234 Å². The highest BCUT2D eigenvalue weighted by atomic mass is 16.4. The molecule has 0 atom stereocenters. The van der Waals surface area contributed by atoms with E-state index >= 15 is 0 Å². The quantitative estimate of drug-likeness (QED) is 0.123. The Balaban J connectivity index is 0.000000458. The molecule has 5 aromatic rings. The molecule has 5 rings (SSSR count). The van der Waals surface area contributed by atoms with Crippen LogP contribution in [0.15, 0.2) is 164 Å². The lowest BCUT2D eigenvalue weighted by Crippen LogP contribution is -1.82. The van der Waals surface area contributed by atoms with Gasteiger partial charge in [0.05, 0.1) is 0 Å². The van der Waals surface area contributed by atoms with Gasteiger partial charge in [-0.05, 0) is 60.7 Å². The number of phenols is 5. The Bertz CT molecular complexity index is 1030. The molecule has 0 fully saturated rings. The molecule has 40 heavy (non-hydrogen) atoms. The lowest BCUT2D eigenvalue weighted by Gasteiger charge is -1.82. The topological polar surface area (TPSA) is 138 Å². The normalized spacial score (nSPS) is 8.30. The summed E-state index contributed by atoms with van der Waals surface area (Å²) < 4.78 is 0. The van der Waals surface area contributed by atoms with Crippen LogP contribution in [0.5, 0.6) is 28.7 Å². The molecule has 0 bridgehead atoms. The van der Waals surface area contributed by atoms with Crippen molar-refractivity contribution in [2.24, 2.45) is 0 Å². The summed E-state index contributed by atoms with van der Waals surface area (Å²) in [7, 11) is 0. The van der Waals surface area contributed by atoms with Crippen LogP contribution in [0.25, 0.3) is 0 Å². The fourth-order valence-corrected chi connectivity index (χ4v) is 2.14. The molecule has 0 aliphatic heterocycles. The number of carboxylic acid groups (broad SMARTS) is 1. The molecule has 0 amide bonds. The van der Waals surface area contributed by atoms with Crippen molar-refractivity contribution < 1.29 is 35.4 Å². The number of carboxylic acids is 1. The highest BCUT2D eigenvalue weighted by Crippen LogP contribution is 2.05. The van der Waals surface area contributed by atoms with Gasteiger partial charge in [-0.2, -0.15) is 0 Å². The second kappa shape index (κ2) is 23.7. The Morgan fingerprint density at radius 1 is 0.400 bits per heavy atom. The number of para-hydroxylation sites is 5. The molecule has 5 aromatic carbocycles. The molecule has 0 spiro atoms. The highest BCUT2D eigenvalue weighted by Gasteiger charge is 1.77. The molecule has 208 valence electrons. The summed E-state index contributed by atoms with van der Waals surface area (Å²) in [4.78, 5) is 9.25. The molecule has 0 aliphatic carbocycles. The van der Waals surface area contributed by atoms with E-state index in [4.69, 9.17) is 30.6 Å². The van der Waals surface area contributed by atoms with Crippen LogP contribution in [0.4, 0.5) is 0 Å². The largest absolute Gasteiger partial charge is 0.508 e. The molecule has 7 heteroatoms. The van der Waals surface area contributed by atoms with Crippen LogP contribution in [-0.4, -0.2) is 36.6 Å². The minimum Gasteiger partial charge on any atom is -0.508 e. The molecule has 0 aliphatic rings. The first kappa shape index (κ1) is 34.3. The number of hydrogen-bond donors (Lipinski definition) is 6. The van der Waals surface area contributed by atoms with E-state index in [0.717, 1.165) is 6.08 Å². The number of aromatic hydroxyl groups is 5. The fraction of sp³-hybridized carbons (Fsp3) is 0. The van der Waals surface area contributed by atoms with Gasteiger partial charge in [0.1, 0.15) is 28.7 Å². The third-order valence-corrected chi connectivity index (χ3v) is 3.96. The van der Waals surface area contributed by atoms with E-state index < -0.39 is 5.97 Å². The predicted octanol–water partition coefficient (Wildman–Crippen LogP) is 7.22. The van der Waals surface area contributed by atoms with Crippen molar-refractivity contribution in [3.05, 3.63) is 164 Å². The number of phenolic OH excluding ortho intramolecular Hbond substituents is 5. The van der Waals surface area contributed by atoms with Crippen LogP contribution in [0.2, 0.25) is 0 Å². The lowest BCUT2D eigenvalue weighted by atomic mass is 10.3. The Morgan fingerprint density at radius 2 is 0.525 bits per heavy atom. The van der Waals surface area contributed by atoms with Crippen molar-refractivity contribution in [3.8, 4) is 28.7 Å². The van der Waals surface area contributed by atoms with Gasteiger partial charge in [-0.25, -0.2) is 4.79 Å². The van der Waals surface area contributed by atoms with E-state index in [-0.39, 0.29) is 0 Å². The summed E-state index contributed by atoms with van der Waals surface area (Å²) >= 11 is 0. The predicted molar refractivity (Wildman–Crippen MR) is 158 cm³/mol. The number of benzene rings is 5. The van der Waals surface area contributed by atoms with Crippen LogP contribution in [0.1, 0.15) is 0 Å². The highest BCUT2D eigenvalue weighted by molar-refractivity contribution is 5.78. The monoisotopic (exact) mass is 542 g/mol. The van der Waals surface area contributed by atoms with Crippen LogP contribution in [0.3, 0.4) is 0 Å². The van der Waals surface area contributed by atoms with E-state index in [1.54, 1.807) is 121 Å². The molecular weight excluding hydrogens is 508 g/mol. The van der Waals surface area contributed by atoms with Gasteiger partial charge >= 0.3 is 5.97 Å². The van der Waals surface area contributed by atoms with Gasteiger partial charge in [-0.3, -0.25) is 0 Å². The number of aliphatic carboxylic acids is 1. The fourth-order valence-electron chi connectivity index (χ4n) is 2.14. The zero-order chi connectivity index (χ0) is 29.8. The summed E-state index contributed by atoms with van der Waals surface area (Å²) in [6.07, 6.45) is 0.833. The van der Waals surface area contributed by atoms with Crippen molar-refractivity contribution in [1.82, 2.24) is 0 Å². The van der Waals surface area contributed by atoms with Gasteiger partial charge in [-0.1, -0.05) is 97.6 Å². The average molecular weight is 543 g/mol. The third kappa shape index (κ3) is 24.0. The zero-order valence-electron chi connectivity index (χ0n) is 21.8. The first-order chi connectivity index (χ1) is 19.2. The molecule has 0 radical (unpaired) electrons. The summed E-state index contributed by atoms with van der Waals surface area (Å²) in [5.74, 6) is 0.627. The number of carbonyl (C=O) groups is 1. The van der Waals surface area contributed by atoms with Gasteiger partial charge in [0, 0.05) is 6.08 Å². The molecule has 0 unspecified atom stereocenters. The Hall–Kier alpha value is -5.69. The molecule has 0 heterocycles. The molecule has 7 nitrogen and oxygen atoms in total. The van der Waals surface area contributed by atoms with Crippen LogP contribution >= 0.6 is 0 Å². The van der Waals surface area contributed by atoms with Gasteiger partial charge < -0.3 is 30.6 Å². The maximum Gasteiger partial charge on any atom is 0.327 e. The molecule has 0 saturated heterocycles. The first-order valence-electron chi connectivity index (χ1n) is 11.8. The van der Waals surface area contributed by atoms with E-state index in [9.17, 15) is 4.79 Å². The van der Waals surface area contributed by atoms with Gasteiger partial charge in [-0.15, -0.1) is 0 Å². The van der Waals surface area contributed by atoms with Gasteiger partial charge in [0.15, 0.2) is 0 Å². The standard InChI is InChI=1S/5C6H6O.C3H4O2/c5*7-6-4-2-1-3-5-6;1-2-3(4)5/h5*1-5,7H;2H,1H2,(H,4,5). The van der Waals surface area contributed by atoms with Crippen molar-refractivity contribution in [2.75, 3.05) is 0 Å². The molecule has 6 N–H and O–H groups in total. The molecule has 0 aromatic heterocycles. The third-order valence-electron chi connectivity index (χ3n) is 3.96. The summed E-state index contributed by atoms with van der Waals surface area (Å²) in [6.45, 7) is 2.96. The second-order valence-electron chi connectivity index (χ2n) is 7.22. The maximum atomic E-state index is 9.25. The Morgan fingerprint density at radius 3 is 0.575 bits per heavy atom. The van der Waals surface area contributed by atoms with Crippen molar-refractivity contribution >= 4 is 5.97 Å². The van der Waals surface area contributed by atoms with E-state index in [1.807, 2.05) is 30.3 Å². The van der Waals surface area contributed by atoms with E-state index in [0.29, 0.717) is 28.7 Å². The van der Waals surface area contributed by atoms with E-state index in [2.05, 4.69) is 6.58 Å². The smallest absolute Gasteiger partial charge is 0.327 e. The summed E-state index contributed by atoms with van der Waals surface area (Å²) in [5.41, 5.74) is 0. The number of rotatable bonds is 1. The average Bonchev–Trinajstić information content (AvgIpc) is 2.97. The van der Waals surface area contributed by atoms with Crippen LogP contribution in [-0.2, 0) is 4.79 Å². The summed E-state index contributed by atoms with van der Waals surface area (Å²) in [5, 5.41) is 50.8. The van der Waals surface area contributed by atoms with Crippen LogP contribution < -0.4 is 0 Å². The van der Waals surface area contributed by atoms with Gasteiger partial charge in [0.2, 0.25) is 0 Å².